The van der Waals surface area contributed by atoms with Crippen molar-refractivity contribution in [1.29, 1.82) is 0 Å². The Labute approximate surface area is 125 Å². The second kappa shape index (κ2) is 6.68. The molecule has 2 aliphatic heterocycles. The maximum Gasteiger partial charge on any atom is 0.159 e. The highest BCUT2D eigenvalue weighted by atomic mass is 16.5. The minimum Gasteiger partial charge on any atom is -0.377 e. The van der Waals surface area contributed by atoms with Crippen LogP contribution in [0, 0.1) is 0 Å². The molecule has 0 amide bonds. The van der Waals surface area contributed by atoms with Gasteiger partial charge in [0.2, 0.25) is 0 Å². The number of methoxy groups -OCH3 is 1. The molecule has 1 aromatic heterocycles. The Morgan fingerprint density at radius 2 is 2.29 bits per heavy atom. The molecule has 1 aromatic rings. The molecule has 0 saturated carbocycles. The Balaban J connectivity index is 1.69. The zero-order valence-electron chi connectivity index (χ0n) is 12.9. The second-order valence-electron chi connectivity index (χ2n) is 5.84. The van der Waals surface area contributed by atoms with Crippen LogP contribution in [0.15, 0.2) is 11.6 Å². The van der Waals surface area contributed by atoms with Crippen molar-refractivity contribution in [2.45, 2.75) is 39.0 Å². The molecule has 116 valence electrons. The van der Waals surface area contributed by atoms with Gasteiger partial charge in [0.05, 0.1) is 13.2 Å². The molecule has 0 radical (unpaired) electrons. The van der Waals surface area contributed by atoms with Crippen LogP contribution in [0.25, 0.3) is 0 Å². The Kier molecular flexibility index (Phi) is 4.67. The standard InChI is InChI=1S/C15H24N4O2/c1-12-8-14-16-17-15(11-20-2)19(14)6-5-18(12)9-13-4-3-7-21-10-13/h4,12H,3,5-11H2,1-2H3/t12-/m1/s1. The van der Waals surface area contributed by atoms with Crippen LogP contribution in [-0.2, 0) is 29.0 Å². The number of ether oxygens (including phenoxy) is 2. The molecular formula is C15H24N4O2. The summed E-state index contributed by atoms with van der Waals surface area (Å²) in [5, 5.41) is 8.58. The van der Waals surface area contributed by atoms with Gasteiger partial charge >= 0.3 is 0 Å². The summed E-state index contributed by atoms with van der Waals surface area (Å²) >= 11 is 0. The summed E-state index contributed by atoms with van der Waals surface area (Å²) in [6, 6.07) is 0.466. The van der Waals surface area contributed by atoms with E-state index in [0.29, 0.717) is 12.6 Å². The highest BCUT2D eigenvalue weighted by molar-refractivity contribution is 5.09. The first-order valence-corrected chi connectivity index (χ1v) is 7.67. The van der Waals surface area contributed by atoms with E-state index in [0.717, 1.165) is 57.3 Å². The van der Waals surface area contributed by atoms with E-state index in [4.69, 9.17) is 9.47 Å². The third kappa shape index (κ3) is 3.33. The summed E-state index contributed by atoms with van der Waals surface area (Å²) in [6.07, 6.45) is 4.31. The molecule has 0 aliphatic carbocycles. The molecule has 6 heteroatoms. The van der Waals surface area contributed by atoms with Crippen molar-refractivity contribution in [3.8, 4) is 0 Å². The predicted octanol–water partition coefficient (Wildman–Crippen LogP) is 1.02. The monoisotopic (exact) mass is 292 g/mol. The van der Waals surface area contributed by atoms with E-state index in [-0.39, 0.29) is 0 Å². The fraction of sp³-hybridized carbons (Fsp3) is 0.733. The molecule has 0 saturated heterocycles. The van der Waals surface area contributed by atoms with E-state index >= 15 is 0 Å². The molecule has 6 nitrogen and oxygen atoms in total. The molecule has 0 fully saturated rings. The summed E-state index contributed by atoms with van der Waals surface area (Å²) in [5.74, 6) is 2.01. The number of rotatable bonds is 4. The summed E-state index contributed by atoms with van der Waals surface area (Å²) in [6.45, 7) is 7.38. The van der Waals surface area contributed by atoms with Crippen molar-refractivity contribution < 1.29 is 9.47 Å². The van der Waals surface area contributed by atoms with E-state index in [1.807, 2.05) is 0 Å². The van der Waals surface area contributed by atoms with Crippen LogP contribution >= 0.6 is 0 Å². The fourth-order valence-electron chi connectivity index (χ4n) is 3.07. The van der Waals surface area contributed by atoms with Crippen LogP contribution in [0.3, 0.4) is 0 Å². The van der Waals surface area contributed by atoms with Gasteiger partial charge in [0.1, 0.15) is 12.4 Å². The molecule has 21 heavy (non-hydrogen) atoms. The molecular weight excluding hydrogens is 268 g/mol. The van der Waals surface area contributed by atoms with Gasteiger partial charge in [-0.3, -0.25) is 4.90 Å². The van der Waals surface area contributed by atoms with Gasteiger partial charge in [-0.15, -0.1) is 10.2 Å². The quantitative estimate of drug-likeness (QED) is 0.776. The third-order valence-electron chi connectivity index (χ3n) is 4.28. The van der Waals surface area contributed by atoms with Crippen molar-refractivity contribution >= 4 is 0 Å². The Bertz CT molecular complexity index is 512. The van der Waals surface area contributed by atoms with Gasteiger partial charge in [-0.1, -0.05) is 6.08 Å². The third-order valence-corrected chi connectivity index (χ3v) is 4.28. The van der Waals surface area contributed by atoms with Crippen LogP contribution in [0.1, 0.15) is 25.0 Å². The van der Waals surface area contributed by atoms with Gasteiger partial charge in [-0.05, 0) is 18.9 Å². The van der Waals surface area contributed by atoms with Gasteiger partial charge in [-0.25, -0.2) is 0 Å². The lowest BCUT2D eigenvalue weighted by Crippen LogP contribution is -2.37. The van der Waals surface area contributed by atoms with Crippen molar-refractivity contribution in [3.63, 3.8) is 0 Å². The predicted molar refractivity (Wildman–Crippen MR) is 79.0 cm³/mol. The molecule has 0 aromatic carbocycles. The number of aromatic nitrogens is 3. The zero-order valence-corrected chi connectivity index (χ0v) is 12.9. The van der Waals surface area contributed by atoms with E-state index in [9.17, 15) is 0 Å². The topological polar surface area (TPSA) is 52.4 Å². The zero-order chi connectivity index (χ0) is 14.7. The molecule has 2 aliphatic rings. The van der Waals surface area contributed by atoms with Crippen molar-refractivity contribution in [2.24, 2.45) is 0 Å². The summed E-state index contributed by atoms with van der Waals surface area (Å²) in [7, 11) is 1.70. The van der Waals surface area contributed by atoms with Crippen LogP contribution < -0.4 is 0 Å². The number of hydrogen-bond acceptors (Lipinski definition) is 5. The summed E-state index contributed by atoms with van der Waals surface area (Å²) < 4.78 is 13.0. The maximum atomic E-state index is 5.55. The minimum atomic E-state index is 0.466. The van der Waals surface area contributed by atoms with Gasteiger partial charge in [-0.2, -0.15) is 0 Å². The minimum absolute atomic E-state index is 0.466. The lowest BCUT2D eigenvalue weighted by molar-refractivity contribution is 0.136. The molecule has 0 unspecified atom stereocenters. The Morgan fingerprint density at radius 3 is 3.05 bits per heavy atom. The summed E-state index contributed by atoms with van der Waals surface area (Å²) in [4.78, 5) is 2.52. The first kappa shape index (κ1) is 14.7. The van der Waals surface area contributed by atoms with Crippen molar-refractivity contribution in [3.05, 3.63) is 23.3 Å². The van der Waals surface area contributed by atoms with Crippen LogP contribution in [-0.4, -0.2) is 59.1 Å². The first-order valence-electron chi connectivity index (χ1n) is 7.67. The summed E-state index contributed by atoms with van der Waals surface area (Å²) in [5.41, 5.74) is 1.41. The molecule has 0 spiro atoms. The van der Waals surface area contributed by atoms with E-state index in [1.165, 1.54) is 5.57 Å². The van der Waals surface area contributed by atoms with Crippen LogP contribution in [0.2, 0.25) is 0 Å². The van der Waals surface area contributed by atoms with E-state index < -0.39 is 0 Å². The second-order valence-corrected chi connectivity index (χ2v) is 5.84. The molecule has 1 atom stereocenters. The van der Waals surface area contributed by atoms with Gasteiger partial charge in [0.15, 0.2) is 5.82 Å². The van der Waals surface area contributed by atoms with Crippen molar-refractivity contribution in [2.75, 3.05) is 33.4 Å². The average molecular weight is 292 g/mol. The Hall–Kier alpha value is -1.24. The highest BCUT2D eigenvalue weighted by Crippen LogP contribution is 2.17. The number of hydrogen-bond donors (Lipinski definition) is 0. The smallest absolute Gasteiger partial charge is 0.159 e. The number of fused-ring (bicyclic) bond motifs is 1. The van der Waals surface area contributed by atoms with Crippen LogP contribution in [0.5, 0.6) is 0 Å². The largest absolute Gasteiger partial charge is 0.377 e. The normalized spacial score (nSPS) is 23.5. The SMILES string of the molecule is COCc1nnc2n1CCN(CC1=CCCOC1)[C@H](C)C2. The van der Waals surface area contributed by atoms with Crippen LogP contribution in [0.4, 0.5) is 0 Å². The molecule has 3 heterocycles. The van der Waals surface area contributed by atoms with E-state index in [2.05, 4.69) is 32.7 Å². The van der Waals surface area contributed by atoms with Gasteiger partial charge in [0.25, 0.3) is 0 Å². The molecule has 0 bridgehead atoms. The Morgan fingerprint density at radius 1 is 1.38 bits per heavy atom. The molecule has 3 rings (SSSR count). The van der Waals surface area contributed by atoms with E-state index in [1.54, 1.807) is 7.11 Å². The van der Waals surface area contributed by atoms with Crippen molar-refractivity contribution in [1.82, 2.24) is 19.7 Å². The number of nitrogens with zero attached hydrogens (tertiary/aromatic N) is 4. The average Bonchev–Trinajstić information content (AvgIpc) is 2.79. The van der Waals surface area contributed by atoms with Gasteiger partial charge < -0.3 is 14.0 Å². The molecule has 0 N–H and O–H groups in total. The first-order chi connectivity index (χ1) is 10.3. The van der Waals surface area contributed by atoms with Gasteiger partial charge in [0, 0.05) is 39.2 Å². The lowest BCUT2D eigenvalue weighted by Gasteiger charge is -2.28. The lowest BCUT2D eigenvalue weighted by atomic mass is 10.1. The maximum absolute atomic E-state index is 5.55. The highest BCUT2D eigenvalue weighted by Gasteiger charge is 2.24. The fourth-order valence-corrected chi connectivity index (χ4v) is 3.07.